The zero-order valence-electron chi connectivity index (χ0n) is 9.66. The molecular weight excluding hydrogens is 186 g/mol. The summed E-state index contributed by atoms with van der Waals surface area (Å²) < 4.78 is 0. The standard InChI is InChI=1S/C12H19N3/c1-3-15(9-11(2)8-14)10-12(4-5-12)6-7-13/h11H,3-6,9-10H2,1-2H3. The number of rotatable bonds is 6. The van der Waals surface area contributed by atoms with Crippen molar-refractivity contribution >= 4 is 0 Å². The Morgan fingerprint density at radius 1 is 1.40 bits per heavy atom. The van der Waals surface area contributed by atoms with Crippen LogP contribution in [0.25, 0.3) is 0 Å². The van der Waals surface area contributed by atoms with Gasteiger partial charge >= 0.3 is 0 Å². The van der Waals surface area contributed by atoms with Crippen LogP contribution in [0.5, 0.6) is 0 Å². The maximum absolute atomic E-state index is 8.77. The van der Waals surface area contributed by atoms with E-state index < -0.39 is 0 Å². The highest BCUT2D eigenvalue weighted by molar-refractivity contribution is 5.01. The van der Waals surface area contributed by atoms with Gasteiger partial charge in [-0.2, -0.15) is 10.5 Å². The van der Waals surface area contributed by atoms with Gasteiger partial charge in [0, 0.05) is 19.5 Å². The van der Waals surface area contributed by atoms with E-state index in [2.05, 4.69) is 24.0 Å². The Morgan fingerprint density at radius 3 is 2.47 bits per heavy atom. The predicted octanol–water partition coefficient (Wildman–Crippen LogP) is 2.16. The first-order valence-electron chi connectivity index (χ1n) is 5.65. The third kappa shape index (κ3) is 3.53. The van der Waals surface area contributed by atoms with E-state index in [1.807, 2.05) is 6.92 Å². The second-order valence-corrected chi connectivity index (χ2v) is 4.69. The Hall–Kier alpha value is -1.06. The average molecular weight is 205 g/mol. The minimum atomic E-state index is 0.0860. The fourth-order valence-electron chi connectivity index (χ4n) is 1.94. The molecule has 0 heterocycles. The fourth-order valence-corrected chi connectivity index (χ4v) is 1.94. The maximum atomic E-state index is 8.77. The van der Waals surface area contributed by atoms with Crippen molar-refractivity contribution in [3.63, 3.8) is 0 Å². The van der Waals surface area contributed by atoms with E-state index in [1.54, 1.807) is 0 Å². The molecule has 3 heteroatoms. The molecule has 1 atom stereocenters. The van der Waals surface area contributed by atoms with Crippen LogP contribution in [0.1, 0.15) is 33.1 Å². The van der Waals surface area contributed by atoms with Crippen molar-refractivity contribution in [1.29, 1.82) is 10.5 Å². The van der Waals surface area contributed by atoms with Gasteiger partial charge in [0.05, 0.1) is 18.1 Å². The lowest BCUT2D eigenvalue weighted by atomic mass is 10.0. The summed E-state index contributed by atoms with van der Waals surface area (Å²) in [6, 6.07) is 4.54. The topological polar surface area (TPSA) is 50.8 Å². The van der Waals surface area contributed by atoms with Gasteiger partial charge in [0.2, 0.25) is 0 Å². The Bertz CT molecular complexity index is 280. The largest absolute Gasteiger partial charge is 0.302 e. The molecule has 0 aromatic carbocycles. The minimum Gasteiger partial charge on any atom is -0.302 e. The Kier molecular flexibility index (Phi) is 4.12. The lowest BCUT2D eigenvalue weighted by Crippen LogP contribution is -2.33. The summed E-state index contributed by atoms with van der Waals surface area (Å²) in [7, 11) is 0. The van der Waals surface area contributed by atoms with Crippen molar-refractivity contribution in [2.24, 2.45) is 11.3 Å². The molecule has 1 saturated carbocycles. The van der Waals surface area contributed by atoms with Crippen LogP contribution < -0.4 is 0 Å². The molecule has 1 fully saturated rings. The molecule has 1 aliphatic rings. The molecule has 0 radical (unpaired) electrons. The molecule has 1 aliphatic carbocycles. The molecule has 3 nitrogen and oxygen atoms in total. The van der Waals surface area contributed by atoms with Crippen molar-refractivity contribution in [3.05, 3.63) is 0 Å². The molecule has 0 saturated heterocycles. The van der Waals surface area contributed by atoms with Crippen LogP contribution in [0.4, 0.5) is 0 Å². The van der Waals surface area contributed by atoms with Crippen molar-refractivity contribution in [1.82, 2.24) is 4.90 Å². The van der Waals surface area contributed by atoms with Gasteiger partial charge in [-0.3, -0.25) is 0 Å². The second-order valence-electron chi connectivity index (χ2n) is 4.69. The number of hydrogen-bond donors (Lipinski definition) is 0. The van der Waals surface area contributed by atoms with Crippen LogP contribution in [0.15, 0.2) is 0 Å². The summed E-state index contributed by atoms with van der Waals surface area (Å²) in [5, 5.41) is 17.5. The van der Waals surface area contributed by atoms with Gasteiger partial charge in [0.25, 0.3) is 0 Å². The first-order valence-corrected chi connectivity index (χ1v) is 5.65. The monoisotopic (exact) mass is 205 g/mol. The van der Waals surface area contributed by atoms with Gasteiger partial charge in [-0.25, -0.2) is 0 Å². The van der Waals surface area contributed by atoms with Crippen molar-refractivity contribution in [2.45, 2.75) is 33.1 Å². The Morgan fingerprint density at radius 2 is 2.07 bits per heavy atom. The third-order valence-electron chi connectivity index (χ3n) is 3.17. The molecule has 82 valence electrons. The molecule has 15 heavy (non-hydrogen) atoms. The van der Waals surface area contributed by atoms with Crippen LogP contribution in [0.2, 0.25) is 0 Å². The molecule has 0 spiro atoms. The van der Waals surface area contributed by atoms with Gasteiger partial charge in [-0.05, 0) is 31.7 Å². The minimum absolute atomic E-state index is 0.0860. The summed E-state index contributed by atoms with van der Waals surface area (Å²) >= 11 is 0. The molecular formula is C12H19N3. The summed E-state index contributed by atoms with van der Waals surface area (Å²) in [5.74, 6) is 0.0860. The molecule has 0 N–H and O–H groups in total. The molecule has 0 aliphatic heterocycles. The smallest absolute Gasteiger partial charge is 0.0666 e. The summed E-state index contributed by atoms with van der Waals surface area (Å²) in [6.07, 6.45) is 3.03. The lowest BCUT2D eigenvalue weighted by Gasteiger charge is -2.25. The van der Waals surface area contributed by atoms with E-state index in [0.29, 0.717) is 6.42 Å². The zero-order valence-corrected chi connectivity index (χ0v) is 9.66. The van der Waals surface area contributed by atoms with Crippen molar-refractivity contribution in [3.8, 4) is 12.1 Å². The summed E-state index contributed by atoms with van der Waals surface area (Å²) in [4.78, 5) is 2.30. The van der Waals surface area contributed by atoms with Gasteiger partial charge in [0.15, 0.2) is 0 Å². The number of nitriles is 2. The molecule has 1 rings (SSSR count). The molecule has 0 amide bonds. The van der Waals surface area contributed by atoms with E-state index in [0.717, 1.165) is 19.6 Å². The average Bonchev–Trinajstić information content (AvgIpc) is 2.97. The van der Waals surface area contributed by atoms with E-state index in [-0.39, 0.29) is 11.3 Å². The summed E-state index contributed by atoms with van der Waals surface area (Å²) in [6.45, 7) is 6.86. The predicted molar refractivity (Wildman–Crippen MR) is 58.8 cm³/mol. The normalized spacial score (nSPS) is 19.3. The van der Waals surface area contributed by atoms with Crippen LogP contribution in [-0.2, 0) is 0 Å². The van der Waals surface area contributed by atoms with Crippen molar-refractivity contribution < 1.29 is 0 Å². The highest BCUT2D eigenvalue weighted by atomic mass is 15.1. The van der Waals surface area contributed by atoms with Crippen LogP contribution in [-0.4, -0.2) is 24.5 Å². The highest BCUT2D eigenvalue weighted by Gasteiger charge is 2.43. The SMILES string of the molecule is CCN(CC(C)C#N)CC1(CC#N)CC1. The molecule has 1 unspecified atom stereocenters. The van der Waals surface area contributed by atoms with Gasteiger partial charge in [-0.1, -0.05) is 6.92 Å². The maximum Gasteiger partial charge on any atom is 0.0666 e. The van der Waals surface area contributed by atoms with E-state index in [1.165, 1.54) is 12.8 Å². The van der Waals surface area contributed by atoms with Gasteiger partial charge in [-0.15, -0.1) is 0 Å². The van der Waals surface area contributed by atoms with Gasteiger partial charge < -0.3 is 4.90 Å². The van der Waals surface area contributed by atoms with Crippen LogP contribution in [0.3, 0.4) is 0 Å². The van der Waals surface area contributed by atoms with Gasteiger partial charge in [0.1, 0.15) is 0 Å². The van der Waals surface area contributed by atoms with E-state index >= 15 is 0 Å². The first-order chi connectivity index (χ1) is 7.15. The highest BCUT2D eigenvalue weighted by Crippen LogP contribution is 2.49. The first kappa shape index (κ1) is 12.0. The van der Waals surface area contributed by atoms with Crippen LogP contribution >= 0.6 is 0 Å². The zero-order chi connectivity index (χ0) is 11.3. The van der Waals surface area contributed by atoms with E-state index in [9.17, 15) is 0 Å². The molecule has 0 aromatic heterocycles. The second kappa shape index (κ2) is 5.14. The quantitative estimate of drug-likeness (QED) is 0.667. The molecule has 0 bridgehead atoms. The van der Waals surface area contributed by atoms with Crippen LogP contribution in [0, 0.1) is 34.0 Å². The Balaban J connectivity index is 2.41. The lowest BCUT2D eigenvalue weighted by molar-refractivity contribution is 0.217. The number of hydrogen-bond acceptors (Lipinski definition) is 3. The Labute approximate surface area is 92.3 Å². The fraction of sp³-hybridized carbons (Fsp3) is 0.833. The summed E-state index contributed by atoms with van der Waals surface area (Å²) in [5.41, 5.74) is 0.264. The van der Waals surface area contributed by atoms with Crippen molar-refractivity contribution in [2.75, 3.05) is 19.6 Å². The molecule has 0 aromatic rings. The number of nitrogens with zero attached hydrogens (tertiary/aromatic N) is 3. The van der Waals surface area contributed by atoms with E-state index in [4.69, 9.17) is 10.5 Å². The third-order valence-corrected chi connectivity index (χ3v) is 3.17.